The zero-order valence-electron chi connectivity index (χ0n) is 12.8. The van der Waals surface area contributed by atoms with E-state index in [4.69, 9.17) is 16.3 Å². The number of halogens is 4. The number of benzene rings is 1. The van der Waals surface area contributed by atoms with Gasteiger partial charge in [0, 0.05) is 17.6 Å². The highest BCUT2D eigenvalue weighted by molar-refractivity contribution is 6.30. The van der Waals surface area contributed by atoms with Gasteiger partial charge >= 0.3 is 6.18 Å². The van der Waals surface area contributed by atoms with Crippen LogP contribution < -0.4 is 5.32 Å². The first kappa shape index (κ1) is 17.4. The van der Waals surface area contributed by atoms with Crippen molar-refractivity contribution in [2.75, 3.05) is 18.5 Å². The minimum Gasteiger partial charge on any atom is -0.375 e. The highest BCUT2D eigenvalue weighted by Crippen LogP contribution is 2.29. The Morgan fingerprint density at radius 3 is 2.68 bits per heavy atom. The Labute approximate surface area is 145 Å². The van der Waals surface area contributed by atoms with E-state index < -0.39 is 11.9 Å². The normalized spacial score (nSPS) is 11.8. The third kappa shape index (κ3) is 4.37. The lowest BCUT2D eigenvalue weighted by molar-refractivity contribution is -0.141. The minimum atomic E-state index is -4.56. The second-order valence-electron chi connectivity index (χ2n) is 5.10. The number of hydrogen-bond acceptors (Lipinski definition) is 5. The van der Waals surface area contributed by atoms with Crippen LogP contribution in [-0.2, 0) is 17.5 Å². The fraction of sp³-hybridized carbons (Fsp3) is 0.267. The summed E-state index contributed by atoms with van der Waals surface area (Å²) in [6.07, 6.45) is -3.42. The summed E-state index contributed by atoms with van der Waals surface area (Å²) in [4.78, 5) is 7.14. The number of ether oxygens (including phenoxy) is 1. The molecule has 132 valence electrons. The van der Waals surface area contributed by atoms with Gasteiger partial charge in [0.25, 0.3) is 5.78 Å². The van der Waals surface area contributed by atoms with Crippen LogP contribution in [0, 0.1) is 0 Å². The van der Waals surface area contributed by atoms with Gasteiger partial charge in [-0.1, -0.05) is 23.7 Å². The predicted octanol–water partition coefficient (Wildman–Crippen LogP) is 3.43. The molecule has 0 saturated carbocycles. The van der Waals surface area contributed by atoms with Gasteiger partial charge in [-0.15, -0.1) is 0 Å². The average molecular weight is 372 g/mol. The maximum atomic E-state index is 12.9. The summed E-state index contributed by atoms with van der Waals surface area (Å²) in [6, 6.07) is 8.09. The summed E-state index contributed by atoms with van der Waals surface area (Å²) >= 11 is 5.80. The SMILES string of the molecule is FC(F)(F)c1cc(NCCOCc2ccc(Cl)cc2)n2ncnc2n1. The number of alkyl halides is 3. The monoisotopic (exact) mass is 371 g/mol. The molecule has 0 unspecified atom stereocenters. The second kappa shape index (κ2) is 7.24. The van der Waals surface area contributed by atoms with E-state index in [9.17, 15) is 13.2 Å². The molecule has 2 heterocycles. The molecule has 2 aromatic heterocycles. The maximum Gasteiger partial charge on any atom is 0.433 e. The Bertz CT molecular complexity index is 850. The molecule has 10 heteroatoms. The van der Waals surface area contributed by atoms with E-state index in [1.807, 2.05) is 12.1 Å². The van der Waals surface area contributed by atoms with E-state index in [0.29, 0.717) is 24.8 Å². The van der Waals surface area contributed by atoms with Gasteiger partial charge in [-0.3, -0.25) is 0 Å². The Morgan fingerprint density at radius 1 is 1.20 bits per heavy atom. The molecule has 1 N–H and O–H groups in total. The van der Waals surface area contributed by atoms with Crippen molar-refractivity contribution in [2.24, 2.45) is 0 Å². The van der Waals surface area contributed by atoms with Gasteiger partial charge in [-0.2, -0.15) is 27.8 Å². The largest absolute Gasteiger partial charge is 0.433 e. The first-order valence-electron chi connectivity index (χ1n) is 7.27. The summed E-state index contributed by atoms with van der Waals surface area (Å²) in [5, 5.41) is 7.35. The maximum absolute atomic E-state index is 12.9. The molecule has 3 aromatic rings. The molecule has 0 bridgehead atoms. The van der Waals surface area contributed by atoms with Gasteiger partial charge in [0.05, 0.1) is 13.2 Å². The van der Waals surface area contributed by atoms with Crippen molar-refractivity contribution in [3.8, 4) is 0 Å². The van der Waals surface area contributed by atoms with E-state index in [1.165, 1.54) is 4.52 Å². The standard InChI is InChI=1S/C15H13ClF3N5O/c16-11-3-1-10(2-4-11)8-25-6-5-20-13-7-12(15(17,18)19)23-14-21-9-22-24(13)14/h1-4,7,9,20H,5-6,8H2. The lowest BCUT2D eigenvalue weighted by atomic mass is 10.2. The number of hydrogen-bond donors (Lipinski definition) is 1. The Balaban J connectivity index is 1.59. The number of nitrogens with zero attached hydrogens (tertiary/aromatic N) is 4. The quantitative estimate of drug-likeness (QED) is 0.673. The molecule has 0 radical (unpaired) electrons. The van der Waals surface area contributed by atoms with Crippen molar-refractivity contribution in [3.63, 3.8) is 0 Å². The van der Waals surface area contributed by atoms with Crippen LogP contribution in [0.4, 0.5) is 19.0 Å². The van der Waals surface area contributed by atoms with Gasteiger partial charge < -0.3 is 10.1 Å². The fourth-order valence-electron chi connectivity index (χ4n) is 2.11. The van der Waals surface area contributed by atoms with Gasteiger partial charge in [0.2, 0.25) is 0 Å². The van der Waals surface area contributed by atoms with Crippen LogP contribution in [0.25, 0.3) is 5.78 Å². The summed E-state index contributed by atoms with van der Waals surface area (Å²) in [5.74, 6) is 0.0179. The summed E-state index contributed by atoms with van der Waals surface area (Å²) in [5.41, 5.74) is -0.0797. The molecule has 0 aliphatic rings. The van der Waals surface area contributed by atoms with E-state index in [-0.39, 0.29) is 11.6 Å². The molecule has 0 amide bonds. The van der Waals surface area contributed by atoms with E-state index in [2.05, 4.69) is 20.4 Å². The number of aromatic nitrogens is 4. The third-order valence-electron chi connectivity index (χ3n) is 3.28. The van der Waals surface area contributed by atoms with Gasteiger partial charge in [-0.05, 0) is 17.7 Å². The van der Waals surface area contributed by atoms with Crippen molar-refractivity contribution in [2.45, 2.75) is 12.8 Å². The molecular weight excluding hydrogens is 359 g/mol. The number of anilines is 1. The Hall–Kier alpha value is -2.39. The number of fused-ring (bicyclic) bond motifs is 1. The lowest BCUT2D eigenvalue weighted by Crippen LogP contribution is -2.16. The van der Waals surface area contributed by atoms with Crippen molar-refractivity contribution in [1.29, 1.82) is 0 Å². The fourth-order valence-corrected chi connectivity index (χ4v) is 2.23. The first-order chi connectivity index (χ1) is 11.9. The molecule has 0 atom stereocenters. The highest BCUT2D eigenvalue weighted by atomic mass is 35.5. The van der Waals surface area contributed by atoms with Gasteiger partial charge in [0.15, 0.2) is 5.69 Å². The van der Waals surface area contributed by atoms with Crippen LogP contribution in [0.1, 0.15) is 11.3 Å². The molecular formula is C15H13ClF3N5O. The minimum absolute atomic E-state index is 0.126. The molecule has 0 aliphatic carbocycles. The van der Waals surface area contributed by atoms with Crippen molar-refractivity contribution in [1.82, 2.24) is 19.6 Å². The molecule has 6 nitrogen and oxygen atoms in total. The Morgan fingerprint density at radius 2 is 1.96 bits per heavy atom. The van der Waals surface area contributed by atoms with Gasteiger partial charge in [-0.25, -0.2) is 4.98 Å². The predicted molar refractivity (Wildman–Crippen MR) is 85.4 cm³/mol. The number of rotatable bonds is 6. The van der Waals surface area contributed by atoms with Crippen LogP contribution in [0.5, 0.6) is 0 Å². The van der Waals surface area contributed by atoms with Crippen LogP contribution >= 0.6 is 11.6 Å². The van der Waals surface area contributed by atoms with Crippen LogP contribution in [0.3, 0.4) is 0 Å². The lowest BCUT2D eigenvalue weighted by Gasteiger charge is -2.11. The zero-order valence-corrected chi connectivity index (χ0v) is 13.6. The van der Waals surface area contributed by atoms with Crippen LogP contribution in [0.15, 0.2) is 36.7 Å². The summed E-state index contributed by atoms with van der Waals surface area (Å²) < 4.78 is 45.3. The highest BCUT2D eigenvalue weighted by Gasteiger charge is 2.34. The molecule has 1 aromatic carbocycles. The molecule has 3 rings (SSSR count). The topological polar surface area (TPSA) is 64.3 Å². The van der Waals surface area contributed by atoms with Crippen LogP contribution in [0.2, 0.25) is 5.02 Å². The first-order valence-corrected chi connectivity index (χ1v) is 7.65. The Kier molecular flexibility index (Phi) is 5.05. The molecule has 0 spiro atoms. The summed E-state index contributed by atoms with van der Waals surface area (Å²) in [7, 11) is 0. The zero-order chi connectivity index (χ0) is 17.9. The van der Waals surface area contributed by atoms with E-state index in [0.717, 1.165) is 18.0 Å². The second-order valence-corrected chi connectivity index (χ2v) is 5.54. The van der Waals surface area contributed by atoms with Crippen molar-refractivity contribution >= 4 is 23.2 Å². The summed E-state index contributed by atoms with van der Waals surface area (Å²) in [6.45, 7) is 0.966. The molecule has 0 saturated heterocycles. The van der Waals surface area contributed by atoms with Crippen molar-refractivity contribution < 1.29 is 17.9 Å². The van der Waals surface area contributed by atoms with Crippen molar-refractivity contribution in [3.05, 3.63) is 52.9 Å². The number of nitrogens with one attached hydrogen (secondary N) is 1. The van der Waals surface area contributed by atoms with E-state index in [1.54, 1.807) is 12.1 Å². The average Bonchev–Trinajstić information content (AvgIpc) is 3.04. The third-order valence-corrected chi connectivity index (χ3v) is 3.53. The van der Waals surface area contributed by atoms with E-state index >= 15 is 0 Å². The molecule has 0 fully saturated rings. The smallest absolute Gasteiger partial charge is 0.375 e. The molecule has 25 heavy (non-hydrogen) atoms. The molecule has 0 aliphatic heterocycles. The van der Waals surface area contributed by atoms with Gasteiger partial charge in [0.1, 0.15) is 12.1 Å². The van der Waals surface area contributed by atoms with Crippen LogP contribution in [-0.4, -0.2) is 32.7 Å².